The lowest BCUT2D eigenvalue weighted by Crippen LogP contribution is -2.34. The summed E-state index contributed by atoms with van der Waals surface area (Å²) in [4.78, 5) is -0.0686. The molecule has 1 rings (SSSR count). The number of sulfonamides is 1. The van der Waals surface area contributed by atoms with Crippen molar-refractivity contribution in [1.29, 1.82) is 0 Å². The van der Waals surface area contributed by atoms with E-state index in [2.05, 4.69) is 6.58 Å². The lowest BCUT2D eigenvalue weighted by atomic mass is 10.2. The maximum atomic E-state index is 13.3. The summed E-state index contributed by atoms with van der Waals surface area (Å²) in [5.74, 6) is -0.640. The van der Waals surface area contributed by atoms with Gasteiger partial charge in [0.25, 0.3) is 0 Å². The van der Waals surface area contributed by atoms with Gasteiger partial charge < -0.3 is 9.84 Å². The van der Waals surface area contributed by atoms with Crippen LogP contribution < -0.4 is 0 Å². The molecule has 1 N–H and O–H groups in total. The summed E-state index contributed by atoms with van der Waals surface area (Å²) < 4.78 is 44.2. The second-order valence-electron chi connectivity index (χ2n) is 4.06. The molecule has 112 valence electrons. The molecule has 1 aromatic rings. The largest absolute Gasteiger partial charge is 0.392 e. The number of aliphatic hydroxyl groups excluding tert-OH is 1. The van der Waals surface area contributed by atoms with Gasteiger partial charge in [0.15, 0.2) is 0 Å². The highest BCUT2D eigenvalue weighted by Crippen LogP contribution is 2.19. The number of benzene rings is 1. The minimum atomic E-state index is -3.78. The molecule has 0 radical (unpaired) electrons. The van der Waals surface area contributed by atoms with E-state index in [-0.39, 0.29) is 30.2 Å². The van der Waals surface area contributed by atoms with Crippen LogP contribution in [0.5, 0.6) is 0 Å². The molecular weight excluding hydrogens is 285 g/mol. The van der Waals surface area contributed by atoms with Gasteiger partial charge in [-0.15, -0.1) is 6.58 Å². The van der Waals surface area contributed by atoms with E-state index in [1.54, 1.807) is 0 Å². The van der Waals surface area contributed by atoms with Crippen LogP contribution in [0.3, 0.4) is 0 Å². The van der Waals surface area contributed by atoms with Crippen molar-refractivity contribution in [3.63, 3.8) is 0 Å². The molecule has 0 amide bonds. The van der Waals surface area contributed by atoms with E-state index in [1.165, 1.54) is 23.6 Å². The summed E-state index contributed by atoms with van der Waals surface area (Å²) in [6.07, 6.45) is 1.46. The fourth-order valence-electron chi connectivity index (χ4n) is 1.63. The number of rotatable bonds is 8. The van der Waals surface area contributed by atoms with Crippen molar-refractivity contribution in [3.05, 3.63) is 42.2 Å². The van der Waals surface area contributed by atoms with Gasteiger partial charge in [-0.1, -0.05) is 6.08 Å². The summed E-state index contributed by atoms with van der Waals surface area (Å²) in [5.41, 5.74) is -0.0589. The summed E-state index contributed by atoms with van der Waals surface area (Å²) in [6.45, 7) is 3.48. The van der Waals surface area contributed by atoms with Gasteiger partial charge in [-0.3, -0.25) is 0 Å². The molecular formula is C13H18FNO4S. The molecule has 0 bridgehead atoms. The predicted molar refractivity (Wildman–Crippen MR) is 73.2 cm³/mol. The van der Waals surface area contributed by atoms with E-state index in [9.17, 15) is 12.8 Å². The van der Waals surface area contributed by atoms with E-state index in [0.29, 0.717) is 0 Å². The molecule has 0 aromatic heterocycles. The zero-order chi connectivity index (χ0) is 15.2. The number of hydrogen-bond acceptors (Lipinski definition) is 4. The molecule has 0 fully saturated rings. The molecule has 0 atom stereocenters. The van der Waals surface area contributed by atoms with Crippen LogP contribution in [0.4, 0.5) is 4.39 Å². The average Bonchev–Trinajstić information content (AvgIpc) is 2.43. The first kappa shape index (κ1) is 16.8. The first-order chi connectivity index (χ1) is 9.47. The second-order valence-corrected chi connectivity index (χ2v) is 5.99. The van der Waals surface area contributed by atoms with Crippen LogP contribution >= 0.6 is 0 Å². The standard InChI is InChI=1S/C13H18FNO4S/c1-3-6-15(7-8-19-2)20(17,18)12-4-5-13(14)11(9-12)10-16/h3-5,9,16H,1,6-8,10H2,2H3. The third-order valence-electron chi connectivity index (χ3n) is 2.70. The van der Waals surface area contributed by atoms with Crippen molar-refractivity contribution in [2.45, 2.75) is 11.5 Å². The lowest BCUT2D eigenvalue weighted by Gasteiger charge is -2.20. The van der Waals surface area contributed by atoms with Crippen LogP contribution in [0, 0.1) is 5.82 Å². The summed E-state index contributed by atoms with van der Waals surface area (Å²) in [6, 6.07) is 3.33. The van der Waals surface area contributed by atoms with Crippen molar-refractivity contribution in [2.75, 3.05) is 26.8 Å². The molecule has 1 aromatic carbocycles. The summed E-state index contributed by atoms with van der Waals surface area (Å²) in [5, 5.41) is 9.01. The number of halogens is 1. The predicted octanol–water partition coefficient (Wildman–Crippen LogP) is 1.14. The number of methoxy groups -OCH3 is 1. The molecule has 0 saturated heterocycles. The van der Waals surface area contributed by atoms with Gasteiger partial charge in [0.2, 0.25) is 10.0 Å². The van der Waals surface area contributed by atoms with Gasteiger partial charge in [0.1, 0.15) is 5.82 Å². The Kier molecular flexibility index (Phi) is 6.28. The van der Waals surface area contributed by atoms with E-state index in [4.69, 9.17) is 9.84 Å². The van der Waals surface area contributed by atoms with Crippen LogP contribution in [0.2, 0.25) is 0 Å². The second kappa shape index (κ2) is 7.49. The highest BCUT2D eigenvalue weighted by molar-refractivity contribution is 7.89. The van der Waals surface area contributed by atoms with Crippen LogP contribution in [0.15, 0.2) is 35.7 Å². The van der Waals surface area contributed by atoms with Gasteiger partial charge in [0.05, 0.1) is 18.1 Å². The topological polar surface area (TPSA) is 66.8 Å². The molecule has 0 aliphatic heterocycles. The molecule has 0 aliphatic carbocycles. The van der Waals surface area contributed by atoms with Gasteiger partial charge in [-0.05, 0) is 18.2 Å². The Balaban J connectivity index is 3.14. The van der Waals surface area contributed by atoms with Gasteiger partial charge >= 0.3 is 0 Å². The molecule has 0 saturated carbocycles. The third-order valence-corrected chi connectivity index (χ3v) is 4.56. The van der Waals surface area contributed by atoms with E-state index in [1.807, 2.05) is 0 Å². The highest BCUT2D eigenvalue weighted by Gasteiger charge is 2.24. The SMILES string of the molecule is C=CCN(CCOC)S(=O)(=O)c1ccc(F)c(CO)c1. The number of aliphatic hydroxyl groups is 1. The molecule has 20 heavy (non-hydrogen) atoms. The number of nitrogens with zero attached hydrogens (tertiary/aromatic N) is 1. The molecule has 0 unspecified atom stereocenters. The van der Waals surface area contributed by atoms with Crippen LogP contribution in [0.25, 0.3) is 0 Å². The van der Waals surface area contributed by atoms with Crippen molar-refractivity contribution >= 4 is 10.0 Å². The molecule has 7 heteroatoms. The maximum Gasteiger partial charge on any atom is 0.243 e. The molecule has 0 aliphatic rings. The van der Waals surface area contributed by atoms with Crippen LogP contribution in [0.1, 0.15) is 5.56 Å². The van der Waals surface area contributed by atoms with Crippen molar-refractivity contribution in [1.82, 2.24) is 4.31 Å². The molecule has 0 heterocycles. The first-order valence-corrected chi connectivity index (χ1v) is 7.40. The zero-order valence-electron chi connectivity index (χ0n) is 11.3. The lowest BCUT2D eigenvalue weighted by molar-refractivity contribution is 0.182. The first-order valence-electron chi connectivity index (χ1n) is 5.96. The quantitative estimate of drug-likeness (QED) is 0.731. The number of ether oxygens (including phenoxy) is 1. The Morgan fingerprint density at radius 2 is 2.20 bits per heavy atom. The zero-order valence-corrected chi connectivity index (χ0v) is 12.1. The van der Waals surface area contributed by atoms with Gasteiger partial charge in [-0.2, -0.15) is 4.31 Å². The van der Waals surface area contributed by atoms with Gasteiger partial charge in [-0.25, -0.2) is 12.8 Å². The number of hydrogen-bond donors (Lipinski definition) is 1. The van der Waals surface area contributed by atoms with Crippen molar-refractivity contribution in [2.24, 2.45) is 0 Å². The average molecular weight is 303 g/mol. The normalized spacial score (nSPS) is 11.8. The fraction of sp³-hybridized carbons (Fsp3) is 0.385. The minimum Gasteiger partial charge on any atom is -0.392 e. The van der Waals surface area contributed by atoms with E-state index >= 15 is 0 Å². The van der Waals surface area contributed by atoms with E-state index in [0.717, 1.165) is 12.1 Å². The summed E-state index contributed by atoms with van der Waals surface area (Å²) >= 11 is 0. The molecule has 5 nitrogen and oxygen atoms in total. The summed E-state index contributed by atoms with van der Waals surface area (Å²) in [7, 11) is -2.31. The Labute approximate surface area is 118 Å². The monoisotopic (exact) mass is 303 g/mol. The smallest absolute Gasteiger partial charge is 0.243 e. The van der Waals surface area contributed by atoms with Crippen molar-refractivity contribution in [3.8, 4) is 0 Å². The minimum absolute atomic E-state index is 0.0589. The Bertz CT molecular complexity index is 559. The Morgan fingerprint density at radius 3 is 2.75 bits per heavy atom. The highest BCUT2D eigenvalue weighted by atomic mass is 32.2. The van der Waals surface area contributed by atoms with E-state index < -0.39 is 22.4 Å². The third kappa shape index (κ3) is 3.86. The Morgan fingerprint density at radius 1 is 1.50 bits per heavy atom. The van der Waals surface area contributed by atoms with Crippen LogP contribution in [-0.4, -0.2) is 44.6 Å². The van der Waals surface area contributed by atoms with Crippen LogP contribution in [-0.2, 0) is 21.4 Å². The Hall–Kier alpha value is -1.28. The molecule has 0 spiro atoms. The fourth-order valence-corrected chi connectivity index (χ4v) is 3.07. The van der Waals surface area contributed by atoms with Crippen molar-refractivity contribution < 1.29 is 22.7 Å². The van der Waals surface area contributed by atoms with Gasteiger partial charge in [0, 0.05) is 25.8 Å². The maximum absolute atomic E-state index is 13.3.